The van der Waals surface area contributed by atoms with Gasteiger partial charge in [0.25, 0.3) is 11.7 Å². The molecule has 0 spiro atoms. The lowest BCUT2D eigenvalue weighted by Crippen LogP contribution is -2.41. The highest BCUT2D eigenvalue weighted by molar-refractivity contribution is 6.06. The van der Waals surface area contributed by atoms with Gasteiger partial charge in [-0.2, -0.15) is 0 Å². The van der Waals surface area contributed by atoms with Gasteiger partial charge in [0, 0.05) is 12.8 Å². The number of amides is 2. The molecule has 0 atom stereocenters. The fraction of sp³-hybridized carbons (Fsp3) is 0.556. The SMILES string of the molecule is O=C(O)CCCC(=O)ON1C(=O)CC(O)(O)C1=O. The molecule has 0 unspecified atom stereocenters. The minimum absolute atomic E-state index is 0.0201. The topological polar surface area (TPSA) is 141 Å². The number of carboxylic acids is 1. The van der Waals surface area contributed by atoms with Gasteiger partial charge in [-0.3, -0.25) is 14.4 Å². The number of hydrogen-bond donors (Lipinski definition) is 3. The molecule has 0 aromatic heterocycles. The summed E-state index contributed by atoms with van der Waals surface area (Å²) < 4.78 is 0. The molecule has 0 saturated carbocycles. The van der Waals surface area contributed by atoms with Crippen LogP contribution in [-0.4, -0.2) is 49.9 Å². The number of carbonyl (C=O) groups is 4. The molecule has 18 heavy (non-hydrogen) atoms. The van der Waals surface area contributed by atoms with Crippen LogP contribution in [0.4, 0.5) is 0 Å². The van der Waals surface area contributed by atoms with Crippen LogP contribution in [-0.2, 0) is 24.0 Å². The first-order valence-corrected chi connectivity index (χ1v) is 4.99. The molecule has 0 aromatic carbocycles. The van der Waals surface area contributed by atoms with Crippen LogP contribution in [0.25, 0.3) is 0 Å². The Balaban J connectivity index is 2.48. The number of carboxylic acid groups (broad SMARTS) is 1. The molecule has 9 heteroatoms. The fourth-order valence-corrected chi connectivity index (χ4v) is 1.26. The van der Waals surface area contributed by atoms with Crippen molar-refractivity contribution >= 4 is 23.8 Å². The van der Waals surface area contributed by atoms with E-state index in [-0.39, 0.29) is 24.3 Å². The van der Waals surface area contributed by atoms with Gasteiger partial charge in [0.1, 0.15) is 0 Å². The molecule has 0 aromatic rings. The lowest BCUT2D eigenvalue weighted by atomic mass is 10.2. The Morgan fingerprint density at radius 3 is 2.33 bits per heavy atom. The van der Waals surface area contributed by atoms with Crippen molar-refractivity contribution in [3.63, 3.8) is 0 Å². The molecule has 9 nitrogen and oxygen atoms in total. The lowest BCUT2D eigenvalue weighted by molar-refractivity contribution is -0.212. The van der Waals surface area contributed by atoms with Crippen LogP contribution in [0.15, 0.2) is 0 Å². The van der Waals surface area contributed by atoms with E-state index < -0.39 is 36.0 Å². The fourth-order valence-electron chi connectivity index (χ4n) is 1.26. The molecule has 1 heterocycles. The molecule has 1 rings (SSSR count). The molecule has 2 amide bonds. The molecule has 0 radical (unpaired) electrons. The van der Waals surface area contributed by atoms with Crippen LogP contribution in [0.1, 0.15) is 25.7 Å². The average molecular weight is 261 g/mol. The second-order valence-electron chi connectivity index (χ2n) is 3.70. The lowest BCUT2D eigenvalue weighted by Gasteiger charge is -2.14. The number of rotatable bonds is 5. The summed E-state index contributed by atoms with van der Waals surface area (Å²) in [6.07, 6.45) is -1.49. The first-order chi connectivity index (χ1) is 8.24. The summed E-state index contributed by atoms with van der Waals surface area (Å²) in [5, 5.41) is 26.4. The third kappa shape index (κ3) is 3.25. The van der Waals surface area contributed by atoms with Crippen molar-refractivity contribution in [2.24, 2.45) is 0 Å². The van der Waals surface area contributed by atoms with Gasteiger partial charge < -0.3 is 20.2 Å². The van der Waals surface area contributed by atoms with Gasteiger partial charge >= 0.3 is 17.8 Å². The first kappa shape index (κ1) is 14.1. The predicted octanol–water partition coefficient (Wildman–Crippen LogP) is -1.86. The van der Waals surface area contributed by atoms with E-state index in [2.05, 4.69) is 4.84 Å². The standard InChI is InChI=1S/C9H11NO8/c11-5-4-9(16,17)8(15)10(5)18-7(14)3-1-2-6(12)13/h16-17H,1-4H2,(H,12,13). The quantitative estimate of drug-likeness (QED) is 0.386. The molecular formula is C9H11NO8. The second-order valence-corrected chi connectivity index (χ2v) is 3.70. The monoisotopic (exact) mass is 261 g/mol. The number of carbonyl (C=O) groups excluding carboxylic acids is 3. The highest BCUT2D eigenvalue weighted by atomic mass is 16.7. The van der Waals surface area contributed by atoms with Gasteiger partial charge in [-0.15, -0.1) is 0 Å². The van der Waals surface area contributed by atoms with Gasteiger partial charge in [-0.1, -0.05) is 5.06 Å². The van der Waals surface area contributed by atoms with Crippen LogP contribution < -0.4 is 0 Å². The number of nitrogens with zero attached hydrogens (tertiary/aromatic N) is 1. The van der Waals surface area contributed by atoms with Crippen molar-refractivity contribution in [2.75, 3.05) is 0 Å². The highest BCUT2D eigenvalue weighted by Gasteiger charge is 2.52. The van der Waals surface area contributed by atoms with E-state index in [1.807, 2.05) is 0 Å². The molecular weight excluding hydrogens is 250 g/mol. The molecule has 1 fully saturated rings. The summed E-state index contributed by atoms with van der Waals surface area (Å²) in [6, 6.07) is 0. The third-order valence-corrected chi connectivity index (χ3v) is 2.12. The number of aliphatic hydroxyl groups is 2. The minimum Gasteiger partial charge on any atom is -0.481 e. The maximum Gasteiger partial charge on any atom is 0.333 e. The second kappa shape index (κ2) is 5.10. The Morgan fingerprint density at radius 2 is 1.89 bits per heavy atom. The first-order valence-electron chi connectivity index (χ1n) is 4.99. The summed E-state index contributed by atoms with van der Waals surface area (Å²) in [4.78, 5) is 48.0. The molecule has 100 valence electrons. The molecule has 0 bridgehead atoms. The smallest absolute Gasteiger partial charge is 0.333 e. The molecule has 1 aliphatic heterocycles. The van der Waals surface area contributed by atoms with E-state index in [0.29, 0.717) is 0 Å². The Labute approximate surface area is 101 Å². The van der Waals surface area contributed by atoms with Crippen molar-refractivity contribution in [3.8, 4) is 0 Å². The van der Waals surface area contributed by atoms with Crippen LogP contribution >= 0.6 is 0 Å². The maximum absolute atomic E-state index is 11.2. The van der Waals surface area contributed by atoms with E-state index >= 15 is 0 Å². The van der Waals surface area contributed by atoms with Crippen molar-refractivity contribution in [3.05, 3.63) is 0 Å². The van der Waals surface area contributed by atoms with Gasteiger partial charge in [0.15, 0.2) is 0 Å². The zero-order valence-electron chi connectivity index (χ0n) is 9.16. The number of imide groups is 1. The van der Waals surface area contributed by atoms with E-state index in [0.717, 1.165) is 0 Å². The molecule has 1 aliphatic rings. The van der Waals surface area contributed by atoms with Gasteiger partial charge in [-0.05, 0) is 6.42 Å². The van der Waals surface area contributed by atoms with Crippen molar-refractivity contribution in [1.82, 2.24) is 5.06 Å². The van der Waals surface area contributed by atoms with Gasteiger partial charge in [-0.25, -0.2) is 4.79 Å². The Morgan fingerprint density at radius 1 is 1.28 bits per heavy atom. The predicted molar refractivity (Wildman–Crippen MR) is 51.2 cm³/mol. The van der Waals surface area contributed by atoms with Crippen LogP contribution in [0.3, 0.4) is 0 Å². The van der Waals surface area contributed by atoms with Crippen LogP contribution in [0, 0.1) is 0 Å². The van der Waals surface area contributed by atoms with E-state index in [1.54, 1.807) is 0 Å². The Bertz CT molecular complexity index is 401. The summed E-state index contributed by atoms with van der Waals surface area (Å²) in [6.45, 7) is 0. The Kier molecular flexibility index (Phi) is 3.99. The summed E-state index contributed by atoms with van der Waals surface area (Å²) >= 11 is 0. The number of hydrogen-bond acceptors (Lipinski definition) is 7. The normalized spacial score (nSPS) is 18.0. The largest absolute Gasteiger partial charge is 0.481 e. The summed E-state index contributed by atoms with van der Waals surface area (Å²) in [7, 11) is 0. The number of aliphatic carboxylic acids is 1. The van der Waals surface area contributed by atoms with E-state index in [4.69, 9.17) is 15.3 Å². The van der Waals surface area contributed by atoms with Crippen LogP contribution in [0.2, 0.25) is 0 Å². The molecule has 0 aliphatic carbocycles. The van der Waals surface area contributed by atoms with E-state index in [9.17, 15) is 19.2 Å². The molecule has 1 saturated heterocycles. The van der Waals surface area contributed by atoms with Crippen molar-refractivity contribution < 1.29 is 39.3 Å². The van der Waals surface area contributed by atoms with Crippen molar-refractivity contribution in [2.45, 2.75) is 31.5 Å². The average Bonchev–Trinajstić information content (AvgIpc) is 2.40. The maximum atomic E-state index is 11.2. The zero-order valence-corrected chi connectivity index (χ0v) is 9.16. The van der Waals surface area contributed by atoms with Crippen molar-refractivity contribution in [1.29, 1.82) is 0 Å². The molecule has 3 N–H and O–H groups in total. The van der Waals surface area contributed by atoms with Gasteiger partial charge in [0.05, 0.1) is 6.42 Å². The van der Waals surface area contributed by atoms with Gasteiger partial charge in [0.2, 0.25) is 0 Å². The highest BCUT2D eigenvalue weighted by Crippen LogP contribution is 2.21. The third-order valence-electron chi connectivity index (χ3n) is 2.12. The summed E-state index contributed by atoms with van der Waals surface area (Å²) in [5.41, 5.74) is 0. The number of hydroxylamine groups is 2. The van der Waals surface area contributed by atoms with E-state index in [1.165, 1.54) is 0 Å². The minimum atomic E-state index is -2.86. The zero-order chi connectivity index (χ0) is 13.9. The summed E-state index contributed by atoms with van der Waals surface area (Å²) in [5.74, 6) is -7.47. The Hall–Kier alpha value is -2.00. The van der Waals surface area contributed by atoms with Crippen LogP contribution in [0.5, 0.6) is 0 Å².